The number of hydrogen-bond acceptors (Lipinski definition) is 5. The zero-order valence-corrected chi connectivity index (χ0v) is 18.1. The van der Waals surface area contributed by atoms with Crippen LogP contribution < -0.4 is 10.1 Å². The normalized spacial score (nSPS) is 11.3. The average molecular weight is 440 g/mol. The fourth-order valence-electron chi connectivity index (χ4n) is 3.00. The highest BCUT2D eigenvalue weighted by molar-refractivity contribution is 7.89. The van der Waals surface area contributed by atoms with E-state index in [-0.39, 0.29) is 30.4 Å². The Kier molecular flexibility index (Phi) is 7.75. The summed E-state index contributed by atoms with van der Waals surface area (Å²) in [6.07, 6.45) is 3.80. The van der Waals surface area contributed by atoms with Crippen LogP contribution in [0.4, 0.5) is 0 Å². The van der Waals surface area contributed by atoms with Crippen molar-refractivity contribution in [3.63, 3.8) is 0 Å². The van der Waals surface area contributed by atoms with Gasteiger partial charge >= 0.3 is 0 Å². The predicted molar refractivity (Wildman–Crippen MR) is 118 cm³/mol. The largest absolute Gasteiger partial charge is 0.497 e. The summed E-state index contributed by atoms with van der Waals surface area (Å²) in [6, 6.07) is 19.3. The van der Waals surface area contributed by atoms with Gasteiger partial charge in [-0.05, 0) is 47.9 Å². The quantitative estimate of drug-likeness (QED) is 0.525. The van der Waals surface area contributed by atoms with Crippen molar-refractivity contribution >= 4 is 15.9 Å². The molecule has 1 N–H and O–H groups in total. The van der Waals surface area contributed by atoms with Crippen LogP contribution >= 0.6 is 0 Å². The molecule has 7 nitrogen and oxygen atoms in total. The Hall–Kier alpha value is -3.23. The van der Waals surface area contributed by atoms with Gasteiger partial charge < -0.3 is 10.1 Å². The molecule has 3 rings (SSSR count). The van der Waals surface area contributed by atoms with Gasteiger partial charge in [0.2, 0.25) is 15.9 Å². The van der Waals surface area contributed by atoms with E-state index in [0.29, 0.717) is 12.2 Å². The molecule has 1 amide bonds. The molecule has 31 heavy (non-hydrogen) atoms. The van der Waals surface area contributed by atoms with E-state index < -0.39 is 10.0 Å². The van der Waals surface area contributed by atoms with Crippen LogP contribution in [-0.4, -0.2) is 43.8 Å². The van der Waals surface area contributed by atoms with Crippen molar-refractivity contribution in [1.29, 1.82) is 0 Å². The molecule has 0 saturated heterocycles. The third kappa shape index (κ3) is 6.37. The van der Waals surface area contributed by atoms with Crippen LogP contribution in [0.3, 0.4) is 0 Å². The molecule has 0 aliphatic rings. The number of ether oxygens (including phenoxy) is 1. The molecule has 3 aromatic rings. The summed E-state index contributed by atoms with van der Waals surface area (Å²) >= 11 is 0. The average Bonchev–Trinajstić information content (AvgIpc) is 2.81. The Morgan fingerprint density at radius 1 is 1.00 bits per heavy atom. The third-order valence-electron chi connectivity index (χ3n) is 4.72. The number of nitrogens with zero attached hydrogens (tertiary/aromatic N) is 2. The second-order valence-electron chi connectivity index (χ2n) is 6.89. The first kappa shape index (κ1) is 22.5. The summed E-state index contributed by atoms with van der Waals surface area (Å²) in [5.41, 5.74) is 1.83. The molecule has 0 bridgehead atoms. The van der Waals surface area contributed by atoms with Crippen molar-refractivity contribution in [2.75, 3.05) is 20.2 Å². The molecule has 162 valence electrons. The number of amides is 1. The maximum absolute atomic E-state index is 13.3. The minimum absolute atomic E-state index is 0.112. The van der Waals surface area contributed by atoms with E-state index in [2.05, 4.69) is 10.3 Å². The number of carbonyl (C=O) groups excluding carboxylic acids is 1. The highest BCUT2D eigenvalue weighted by Gasteiger charge is 2.26. The van der Waals surface area contributed by atoms with Crippen LogP contribution in [0.2, 0.25) is 0 Å². The van der Waals surface area contributed by atoms with Gasteiger partial charge in [-0.1, -0.05) is 36.4 Å². The maximum atomic E-state index is 13.3. The number of aromatic nitrogens is 1. The summed E-state index contributed by atoms with van der Waals surface area (Å²) in [4.78, 5) is 16.7. The van der Waals surface area contributed by atoms with Crippen molar-refractivity contribution < 1.29 is 17.9 Å². The number of rotatable bonds is 10. The summed E-state index contributed by atoms with van der Waals surface area (Å²) in [5, 5.41) is 2.76. The standard InChI is InChI=1S/C23H25N3O4S/c1-30-21-9-11-22(12-10-21)31(28,29)26(15-13-19-6-3-2-4-7-19)18-23(27)25-17-20-8-5-14-24-16-20/h2-12,14,16H,13,15,17-18H2,1H3,(H,25,27). The van der Waals surface area contributed by atoms with Gasteiger partial charge in [0.05, 0.1) is 18.6 Å². The van der Waals surface area contributed by atoms with E-state index in [1.807, 2.05) is 36.4 Å². The number of sulfonamides is 1. The molecule has 8 heteroatoms. The molecular formula is C23H25N3O4S. The summed E-state index contributed by atoms with van der Waals surface area (Å²) < 4.78 is 32.8. The maximum Gasteiger partial charge on any atom is 0.243 e. The van der Waals surface area contributed by atoms with Crippen LogP contribution in [0.25, 0.3) is 0 Å². The Morgan fingerprint density at radius 3 is 2.35 bits per heavy atom. The molecule has 0 radical (unpaired) electrons. The molecule has 0 unspecified atom stereocenters. The molecule has 0 fully saturated rings. The molecule has 2 aromatic carbocycles. The second kappa shape index (κ2) is 10.7. The van der Waals surface area contributed by atoms with Gasteiger partial charge in [0.15, 0.2) is 0 Å². The number of carbonyl (C=O) groups is 1. The van der Waals surface area contributed by atoms with Crippen molar-refractivity contribution in [2.45, 2.75) is 17.9 Å². The van der Waals surface area contributed by atoms with Gasteiger partial charge in [-0.2, -0.15) is 4.31 Å². The lowest BCUT2D eigenvalue weighted by molar-refractivity contribution is -0.121. The van der Waals surface area contributed by atoms with Crippen LogP contribution in [0, 0.1) is 0 Å². The highest BCUT2D eigenvalue weighted by Crippen LogP contribution is 2.20. The van der Waals surface area contributed by atoms with Gasteiger partial charge in [0.1, 0.15) is 5.75 Å². The smallest absolute Gasteiger partial charge is 0.243 e. The lowest BCUT2D eigenvalue weighted by Crippen LogP contribution is -2.41. The molecule has 0 saturated carbocycles. The van der Waals surface area contributed by atoms with Crippen LogP contribution in [0.5, 0.6) is 5.75 Å². The minimum Gasteiger partial charge on any atom is -0.497 e. The number of benzene rings is 2. The predicted octanol–water partition coefficient (Wildman–Crippen LogP) is 2.64. The van der Waals surface area contributed by atoms with E-state index in [1.54, 1.807) is 30.6 Å². The SMILES string of the molecule is COc1ccc(S(=O)(=O)N(CCc2ccccc2)CC(=O)NCc2cccnc2)cc1. The first-order chi connectivity index (χ1) is 15.0. The summed E-state index contributed by atoms with van der Waals surface area (Å²) in [7, 11) is -2.35. The number of hydrogen-bond donors (Lipinski definition) is 1. The van der Waals surface area contributed by atoms with Gasteiger partial charge in [-0.3, -0.25) is 9.78 Å². The molecule has 0 atom stereocenters. The minimum atomic E-state index is -3.87. The van der Waals surface area contributed by atoms with E-state index >= 15 is 0 Å². The topological polar surface area (TPSA) is 88.6 Å². The lowest BCUT2D eigenvalue weighted by atomic mass is 10.1. The highest BCUT2D eigenvalue weighted by atomic mass is 32.2. The van der Waals surface area contributed by atoms with Gasteiger partial charge in [0, 0.05) is 25.5 Å². The first-order valence-electron chi connectivity index (χ1n) is 9.83. The first-order valence-corrected chi connectivity index (χ1v) is 11.3. The van der Waals surface area contributed by atoms with Gasteiger partial charge in [-0.25, -0.2) is 8.42 Å². The van der Waals surface area contributed by atoms with E-state index in [4.69, 9.17) is 4.74 Å². The van der Waals surface area contributed by atoms with Crippen molar-refractivity contribution in [2.24, 2.45) is 0 Å². The Bertz CT molecular complexity index is 1070. The molecule has 0 spiro atoms. The fraction of sp³-hybridized carbons (Fsp3) is 0.217. The van der Waals surface area contributed by atoms with Gasteiger partial charge in [0.25, 0.3) is 0 Å². The van der Waals surface area contributed by atoms with E-state index in [9.17, 15) is 13.2 Å². The number of nitrogens with one attached hydrogen (secondary N) is 1. The van der Waals surface area contributed by atoms with Crippen molar-refractivity contribution in [1.82, 2.24) is 14.6 Å². The molecule has 1 aromatic heterocycles. The Morgan fingerprint density at radius 2 is 1.71 bits per heavy atom. The third-order valence-corrected chi connectivity index (χ3v) is 6.58. The zero-order valence-electron chi connectivity index (χ0n) is 17.3. The number of pyridine rings is 1. The van der Waals surface area contributed by atoms with E-state index in [0.717, 1.165) is 11.1 Å². The second-order valence-corrected chi connectivity index (χ2v) is 8.83. The van der Waals surface area contributed by atoms with Crippen molar-refractivity contribution in [3.05, 3.63) is 90.3 Å². The van der Waals surface area contributed by atoms with E-state index in [1.165, 1.54) is 23.5 Å². The summed E-state index contributed by atoms with van der Waals surface area (Å²) in [5.74, 6) is 0.179. The van der Waals surface area contributed by atoms with Crippen LogP contribution in [0.15, 0.2) is 84.0 Å². The molecular weight excluding hydrogens is 414 g/mol. The van der Waals surface area contributed by atoms with Crippen molar-refractivity contribution in [3.8, 4) is 5.75 Å². The summed E-state index contributed by atoms with van der Waals surface area (Å²) in [6.45, 7) is 0.182. The van der Waals surface area contributed by atoms with Crippen LogP contribution in [0.1, 0.15) is 11.1 Å². The lowest BCUT2D eigenvalue weighted by Gasteiger charge is -2.22. The molecule has 0 aliphatic heterocycles. The zero-order chi connectivity index (χ0) is 22.1. The number of methoxy groups -OCH3 is 1. The molecule has 1 heterocycles. The Labute approximate surface area is 182 Å². The molecule has 0 aliphatic carbocycles. The Balaban J connectivity index is 1.75. The van der Waals surface area contributed by atoms with Gasteiger partial charge in [-0.15, -0.1) is 0 Å². The monoisotopic (exact) mass is 439 g/mol. The fourth-order valence-corrected chi connectivity index (χ4v) is 4.40. The van der Waals surface area contributed by atoms with Crippen LogP contribution in [-0.2, 0) is 27.8 Å².